The summed E-state index contributed by atoms with van der Waals surface area (Å²) >= 11 is 0. The first-order valence-corrected chi connectivity index (χ1v) is 4.78. The summed E-state index contributed by atoms with van der Waals surface area (Å²) in [5.74, 6) is -0.294. The number of nitrogens with two attached hydrogens (primary N) is 1. The van der Waals surface area contributed by atoms with E-state index in [9.17, 15) is 4.79 Å². The van der Waals surface area contributed by atoms with Crippen LogP contribution in [0.2, 0.25) is 0 Å². The fourth-order valence-corrected chi connectivity index (χ4v) is 1.29. The fourth-order valence-electron chi connectivity index (χ4n) is 1.29. The molecule has 13 heavy (non-hydrogen) atoms. The lowest BCUT2D eigenvalue weighted by molar-refractivity contribution is -0.150. The first-order chi connectivity index (χ1) is 6.24. The minimum absolute atomic E-state index is 0.0737. The van der Waals surface area contributed by atoms with Crippen LogP contribution < -0.4 is 5.73 Å². The molecule has 0 amide bonds. The normalized spacial score (nSPS) is 24.3. The number of carbonyl (C=O) groups excluding carboxylic acids is 1. The van der Waals surface area contributed by atoms with Gasteiger partial charge in [-0.25, -0.2) is 0 Å². The fraction of sp³-hybridized carbons (Fsp3) is 0.889. The Morgan fingerprint density at radius 1 is 1.77 bits per heavy atom. The van der Waals surface area contributed by atoms with Crippen molar-refractivity contribution in [3.8, 4) is 0 Å². The maximum absolute atomic E-state index is 11.3. The number of ether oxygens (including phenoxy) is 2. The third-order valence-electron chi connectivity index (χ3n) is 2.07. The number of hydrogen-bond donors (Lipinski definition) is 1. The number of esters is 1. The molecule has 4 heteroatoms. The van der Waals surface area contributed by atoms with Crippen LogP contribution in [0.4, 0.5) is 0 Å². The van der Waals surface area contributed by atoms with Gasteiger partial charge >= 0.3 is 5.97 Å². The lowest BCUT2D eigenvalue weighted by atomic mass is 10.2. The standard InChI is InChI=1S/C9H17NO3/c1-2-3-8(10)9(11)13-7-4-5-12-6-7/h7-8H,2-6,10H2,1H3/t7?,8-/m0/s1. The molecule has 76 valence electrons. The minimum atomic E-state index is -0.467. The predicted octanol–water partition coefficient (Wildman–Crippen LogP) is 0.446. The molecule has 0 aliphatic carbocycles. The smallest absolute Gasteiger partial charge is 0.323 e. The average molecular weight is 187 g/mol. The van der Waals surface area contributed by atoms with Crippen LogP contribution in [-0.4, -0.2) is 31.3 Å². The van der Waals surface area contributed by atoms with Crippen LogP contribution in [-0.2, 0) is 14.3 Å². The highest BCUT2D eigenvalue weighted by molar-refractivity contribution is 5.75. The summed E-state index contributed by atoms with van der Waals surface area (Å²) in [6.45, 7) is 3.19. The summed E-state index contributed by atoms with van der Waals surface area (Å²) in [7, 11) is 0. The van der Waals surface area contributed by atoms with Crippen molar-refractivity contribution < 1.29 is 14.3 Å². The summed E-state index contributed by atoms with van der Waals surface area (Å²) < 4.78 is 10.2. The van der Waals surface area contributed by atoms with Gasteiger partial charge in [0.25, 0.3) is 0 Å². The van der Waals surface area contributed by atoms with Gasteiger partial charge in [-0.2, -0.15) is 0 Å². The van der Waals surface area contributed by atoms with Crippen molar-refractivity contribution >= 4 is 5.97 Å². The van der Waals surface area contributed by atoms with Crippen molar-refractivity contribution in [2.45, 2.75) is 38.3 Å². The molecular weight excluding hydrogens is 170 g/mol. The average Bonchev–Trinajstić information content (AvgIpc) is 2.57. The quantitative estimate of drug-likeness (QED) is 0.649. The van der Waals surface area contributed by atoms with Crippen LogP contribution in [0.25, 0.3) is 0 Å². The molecule has 0 aromatic rings. The van der Waals surface area contributed by atoms with Crippen molar-refractivity contribution in [1.29, 1.82) is 0 Å². The molecule has 4 nitrogen and oxygen atoms in total. The van der Waals surface area contributed by atoms with E-state index in [0.29, 0.717) is 19.6 Å². The van der Waals surface area contributed by atoms with Crippen molar-refractivity contribution in [2.24, 2.45) is 5.73 Å². The monoisotopic (exact) mass is 187 g/mol. The van der Waals surface area contributed by atoms with Crippen LogP contribution in [0.5, 0.6) is 0 Å². The van der Waals surface area contributed by atoms with E-state index in [2.05, 4.69) is 0 Å². The molecule has 1 aliphatic rings. The van der Waals surface area contributed by atoms with Crippen LogP contribution in [0.1, 0.15) is 26.2 Å². The van der Waals surface area contributed by atoms with Gasteiger partial charge in [0, 0.05) is 6.42 Å². The van der Waals surface area contributed by atoms with Gasteiger partial charge in [0.05, 0.1) is 13.2 Å². The van der Waals surface area contributed by atoms with Crippen LogP contribution in [0.3, 0.4) is 0 Å². The summed E-state index contributed by atoms with van der Waals surface area (Å²) in [4.78, 5) is 11.3. The van der Waals surface area contributed by atoms with E-state index in [-0.39, 0.29) is 12.1 Å². The summed E-state index contributed by atoms with van der Waals surface area (Å²) in [6.07, 6.45) is 2.31. The molecule has 1 heterocycles. The Hall–Kier alpha value is -0.610. The SMILES string of the molecule is CCC[C@H](N)C(=O)OC1CCOC1. The number of carbonyl (C=O) groups is 1. The molecule has 0 aromatic heterocycles. The lowest BCUT2D eigenvalue weighted by Gasteiger charge is -2.13. The van der Waals surface area contributed by atoms with Gasteiger partial charge in [-0.05, 0) is 6.42 Å². The Labute approximate surface area is 78.4 Å². The molecule has 1 saturated heterocycles. The molecule has 0 bridgehead atoms. The third-order valence-corrected chi connectivity index (χ3v) is 2.07. The van der Waals surface area contributed by atoms with Crippen molar-refractivity contribution in [1.82, 2.24) is 0 Å². The van der Waals surface area contributed by atoms with E-state index in [1.807, 2.05) is 6.92 Å². The van der Waals surface area contributed by atoms with Gasteiger partial charge in [0.1, 0.15) is 12.1 Å². The summed E-state index contributed by atoms with van der Waals surface area (Å²) in [5, 5.41) is 0. The van der Waals surface area contributed by atoms with E-state index in [0.717, 1.165) is 12.8 Å². The van der Waals surface area contributed by atoms with Crippen LogP contribution >= 0.6 is 0 Å². The van der Waals surface area contributed by atoms with Crippen molar-refractivity contribution in [3.63, 3.8) is 0 Å². The Morgan fingerprint density at radius 2 is 2.54 bits per heavy atom. The predicted molar refractivity (Wildman–Crippen MR) is 48.2 cm³/mol. The third kappa shape index (κ3) is 3.32. The topological polar surface area (TPSA) is 61.6 Å². The molecule has 1 aliphatic heterocycles. The highest BCUT2D eigenvalue weighted by Gasteiger charge is 2.22. The Morgan fingerprint density at radius 3 is 3.08 bits per heavy atom. The molecule has 1 rings (SSSR count). The highest BCUT2D eigenvalue weighted by atomic mass is 16.6. The van der Waals surface area contributed by atoms with Gasteiger partial charge in [-0.1, -0.05) is 13.3 Å². The number of rotatable bonds is 4. The Balaban J connectivity index is 2.22. The zero-order chi connectivity index (χ0) is 9.68. The lowest BCUT2D eigenvalue weighted by Crippen LogP contribution is -2.34. The van der Waals surface area contributed by atoms with Gasteiger partial charge in [-0.15, -0.1) is 0 Å². The van der Waals surface area contributed by atoms with Gasteiger partial charge in [0.2, 0.25) is 0 Å². The Bertz CT molecular complexity index is 166. The van der Waals surface area contributed by atoms with E-state index in [1.165, 1.54) is 0 Å². The zero-order valence-electron chi connectivity index (χ0n) is 7.99. The number of hydrogen-bond acceptors (Lipinski definition) is 4. The molecule has 1 fully saturated rings. The highest BCUT2D eigenvalue weighted by Crippen LogP contribution is 2.09. The first-order valence-electron chi connectivity index (χ1n) is 4.78. The van der Waals surface area contributed by atoms with E-state index in [1.54, 1.807) is 0 Å². The van der Waals surface area contributed by atoms with Crippen LogP contribution in [0, 0.1) is 0 Å². The first kappa shape index (κ1) is 10.5. The zero-order valence-corrected chi connectivity index (χ0v) is 7.99. The second kappa shape index (κ2) is 5.19. The van der Waals surface area contributed by atoms with E-state index in [4.69, 9.17) is 15.2 Å². The summed E-state index contributed by atoms with van der Waals surface area (Å²) in [5.41, 5.74) is 5.59. The molecule has 0 aromatic carbocycles. The molecule has 2 atom stereocenters. The molecule has 0 saturated carbocycles. The minimum Gasteiger partial charge on any atom is -0.459 e. The largest absolute Gasteiger partial charge is 0.459 e. The van der Waals surface area contributed by atoms with Gasteiger partial charge in [0.15, 0.2) is 0 Å². The van der Waals surface area contributed by atoms with E-state index < -0.39 is 6.04 Å². The van der Waals surface area contributed by atoms with Crippen LogP contribution in [0.15, 0.2) is 0 Å². The second-order valence-electron chi connectivity index (χ2n) is 3.32. The maximum atomic E-state index is 11.3. The van der Waals surface area contributed by atoms with Crippen molar-refractivity contribution in [3.05, 3.63) is 0 Å². The maximum Gasteiger partial charge on any atom is 0.323 e. The van der Waals surface area contributed by atoms with Crippen molar-refractivity contribution in [2.75, 3.05) is 13.2 Å². The Kier molecular flexibility index (Phi) is 4.18. The van der Waals surface area contributed by atoms with Gasteiger partial charge < -0.3 is 15.2 Å². The molecular formula is C9H17NO3. The summed E-state index contributed by atoms with van der Waals surface area (Å²) in [6, 6.07) is -0.467. The van der Waals surface area contributed by atoms with Gasteiger partial charge in [-0.3, -0.25) is 4.79 Å². The van der Waals surface area contributed by atoms with E-state index >= 15 is 0 Å². The molecule has 0 radical (unpaired) electrons. The molecule has 1 unspecified atom stereocenters. The molecule has 2 N–H and O–H groups in total. The second-order valence-corrected chi connectivity index (χ2v) is 3.32. The molecule has 0 spiro atoms.